The number of hydrogen-bond donors (Lipinski definition) is 3. The summed E-state index contributed by atoms with van der Waals surface area (Å²) in [6.07, 6.45) is 4.08. The molecule has 2 aliphatic rings. The molecule has 8 nitrogen and oxygen atoms in total. The lowest BCUT2D eigenvalue weighted by Gasteiger charge is -2.38. The number of nitrogens with one attached hydrogen (secondary N) is 3. The van der Waals surface area contributed by atoms with Crippen LogP contribution in [0, 0.1) is 6.92 Å². The number of thiophene rings is 1. The molecular weight excluding hydrogens is 374 g/mol. The normalized spacial score (nSPS) is 23.9. The van der Waals surface area contributed by atoms with Crippen LogP contribution in [-0.2, 0) is 4.79 Å². The van der Waals surface area contributed by atoms with Crippen LogP contribution in [0.15, 0.2) is 17.5 Å². The topological polar surface area (TPSA) is 98.8 Å². The second-order valence-corrected chi connectivity index (χ2v) is 8.63. The third-order valence-electron chi connectivity index (χ3n) is 5.69. The van der Waals surface area contributed by atoms with E-state index < -0.39 is 0 Å². The second kappa shape index (κ2) is 6.73. The number of aromatic nitrogens is 4. The van der Waals surface area contributed by atoms with Gasteiger partial charge in [-0.15, -0.1) is 11.3 Å². The van der Waals surface area contributed by atoms with Crippen molar-refractivity contribution in [2.24, 2.45) is 0 Å². The molecule has 146 valence electrons. The molecule has 3 aromatic rings. The lowest BCUT2D eigenvalue weighted by molar-refractivity contribution is -0.133. The summed E-state index contributed by atoms with van der Waals surface area (Å²) in [5.74, 6) is 2.33. The molecule has 2 saturated heterocycles. The Balaban J connectivity index is 1.39. The molecule has 9 heteroatoms. The maximum atomic E-state index is 11.9. The van der Waals surface area contributed by atoms with Crippen LogP contribution >= 0.6 is 11.3 Å². The first-order valence-corrected chi connectivity index (χ1v) is 10.5. The van der Waals surface area contributed by atoms with Gasteiger partial charge in [0, 0.05) is 36.8 Å². The lowest BCUT2D eigenvalue weighted by Crippen LogP contribution is -2.49. The lowest BCUT2D eigenvalue weighted by atomic mass is 9.97. The fourth-order valence-electron chi connectivity index (χ4n) is 4.61. The minimum Gasteiger partial charge on any atom is -0.351 e. The van der Waals surface area contributed by atoms with E-state index in [0.717, 1.165) is 53.2 Å². The fraction of sp³-hybridized carbons (Fsp3) is 0.474. The number of piperidine rings is 1. The number of rotatable bonds is 4. The maximum absolute atomic E-state index is 11.9. The summed E-state index contributed by atoms with van der Waals surface area (Å²) in [6.45, 7) is 3.65. The van der Waals surface area contributed by atoms with Crippen molar-refractivity contribution in [2.75, 3.05) is 10.6 Å². The number of carbonyl (C=O) groups is 1. The quantitative estimate of drug-likeness (QED) is 0.624. The minimum atomic E-state index is 0.197. The number of nitrogens with zero attached hydrogens (tertiary/aromatic N) is 4. The van der Waals surface area contributed by atoms with Crippen LogP contribution < -0.4 is 10.6 Å². The van der Waals surface area contributed by atoms with Gasteiger partial charge in [-0.1, -0.05) is 0 Å². The molecule has 3 N–H and O–H groups in total. The number of hydrogen-bond acceptors (Lipinski definition) is 7. The summed E-state index contributed by atoms with van der Waals surface area (Å²) in [5, 5.41) is 16.1. The van der Waals surface area contributed by atoms with Crippen LogP contribution in [0.3, 0.4) is 0 Å². The van der Waals surface area contributed by atoms with Gasteiger partial charge in [0.2, 0.25) is 11.9 Å². The molecule has 2 bridgehead atoms. The van der Waals surface area contributed by atoms with E-state index >= 15 is 0 Å². The molecule has 5 heterocycles. The van der Waals surface area contributed by atoms with Crippen LogP contribution in [0.5, 0.6) is 0 Å². The largest absolute Gasteiger partial charge is 0.351 e. The van der Waals surface area contributed by atoms with Crippen molar-refractivity contribution in [1.29, 1.82) is 0 Å². The molecular formula is C19H23N7OS. The highest BCUT2D eigenvalue weighted by Gasteiger charge is 2.42. The monoisotopic (exact) mass is 397 g/mol. The number of anilines is 3. The Morgan fingerprint density at radius 3 is 2.75 bits per heavy atom. The number of carbonyl (C=O) groups excluding carboxylic acids is 1. The van der Waals surface area contributed by atoms with Crippen LogP contribution in [-0.4, -0.2) is 49.1 Å². The van der Waals surface area contributed by atoms with E-state index in [1.165, 1.54) is 0 Å². The Hall–Kier alpha value is -2.68. The molecule has 0 spiro atoms. The van der Waals surface area contributed by atoms with Crippen molar-refractivity contribution in [1.82, 2.24) is 25.1 Å². The first-order chi connectivity index (χ1) is 13.6. The molecule has 1 unspecified atom stereocenters. The van der Waals surface area contributed by atoms with Gasteiger partial charge in [-0.3, -0.25) is 9.89 Å². The zero-order valence-electron chi connectivity index (χ0n) is 15.9. The van der Waals surface area contributed by atoms with Gasteiger partial charge in [0.15, 0.2) is 11.6 Å². The maximum Gasteiger partial charge on any atom is 0.225 e. The van der Waals surface area contributed by atoms with E-state index in [1.54, 1.807) is 18.3 Å². The highest BCUT2D eigenvalue weighted by molar-refractivity contribution is 7.17. The molecule has 0 radical (unpaired) electrons. The van der Waals surface area contributed by atoms with Crippen molar-refractivity contribution < 1.29 is 4.79 Å². The number of fused-ring (bicyclic) bond motifs is 3. The van der Waals surface area contributed by atoms with Crippen molar-refractivity contribution in [3.63, 3.8) is 0 Å². The van der Waals surface area contributed by atoms with E-state index in [2.05, 4.69) is 25.7 Å². The van der Waals surface area contributed by atoms with Crippen LogP contribution in [0.2, 0.25) is 0 Å². The van der Waals surface area contributed by atoms with E-state index in [4.69, 9.17) is 9.97 Å². The minimum absolute atomic E-state index is 0.197. The molecule has 3 atom stereocenters. The van der Waals surface area contributed by atoms with Gasteiger partial charge < -0.3 is 15.5 Å². The van der Waals surface area contributed by atoms with Gasteiger partial charge >= 0.3 is 0 Å². The van der Waals surface area contributed by atoms with Crippen molar-refractivity contribution in [3.05, 3.63) is 23.2 Å². The summed E-state index contributed by atoms with van der Waals surface area (Å²) in [7, 11) is 0. The first-order valence-electron chi connectivity index (χ1n) is 9.66. The molecule has 2 aliphatic heterocycles. The SMILES string of the molecule is CC(=O)N1[C@@H]2CC[C@H]1CC(Nc1nc(Nc3cc(C)[nH]n3)c3sccc3n1)C2. The Bertz CT molecular complexity index is 1010. The van der Waals surface area contributed by atoms with Crippen molar-refractivity contribution in [2.45, 2.75) is 57.7 Å². The Labute approximate surface area is 166 Å². The van der Waals surface area contributed by atoms with Gasteiger partial charge in [0.05, 0.1) is 10.2 Å². The van der Waals surface area contributed by atoms with E-state index in [1.807, 2.05) is 24.4 Å². The van der Waals surface area contributed by atoms with Gasteiger partial charge in [-0.05, 0) is 44.1 Å². The zero-order valence-corrected chi connectivity index (χ0v) is 16.7. The zero-order chi connectivity index (χ0) is 19.3. The molecule has 0 aliphatic carbocycles. The molecule has 1 amide bonds. The second-order valence-electron chi connectivity index (χ2n) is 7.72. The van der Waals surface area contributed by atoms with E-state index in [9.17, 15) is 4.79 Å². The highest BCUT2D eigenvalue weighted by Crippen LogP contribution is 2.37. The molecule has 28 heavy (non-hydrogen) atoms. The Kier molecular flexibility index (Phi) is 4.19. The van der Waals surface area contributed by atoms with Crippen LogP contribution in [0.4, 0.5) is 17.6 Å². The summed E-state index contributed by atoms with van der Waals surface area (Å²) in [4.78, 5) is 23.4. The van der Waals surface area contributed by atoms with Crippen LogP contribution in [0.25, 0.3) is 10.2 Å². The van der Waals surface area contributed by atoms with Gasteiger partial charge in [-0.25, -0.2) is 4.98 Å². The molecule has 0 aromatic carbocycles. The standard InChI is InChI=1S/C19H23N7OS/c1-10-7-16(25-24-10)22-18-17-15(5-6-28-17)21-19(23-18)20-12-8-13-3-4-14(9-12)26(13)11(2)27/h5-7,12-14H,3-4,8-9H2,1-2H3,(H3,20,21,22,23,24,25)/t12?,13-,14+. The van der Waals surface area contributed by atoms with Crippen molar-refractivity contribution in [3.8, 4) is 0 Å². The highest BCUT2D eigenvalue weighted by atomic mass is 32.1. The fourth-order valence-corrected chi connectivity index (χ4v) is 5.38. The third kappa shape index (κ3) is 3.09. The third-order valence-corrected chi connectivity index (χ3v) is 6.60. The Morgan fingerprint density at radius 2 is 2.07 bits per heavy atom. The predicted octanol–water partition coefficient (Wildman–Crippen LogP) is 3.42. The average molecular weight is 398 g/mol. The van der Waals surface area contributed by atoms with Gasteiger partial charge in [0.1, 0.15) is 0 Å². The van der Waals surface area contributed by atoms with E-state index in [0.29, 0.717) is 18.0 Å². The number of aromatic amines is 1. The van der Waals surface area contributed by atoms with Crippen molar-refractivity contribution >= 4 is 45.0 Å². The van der Waals surface area contributed by atoms with Crippen LogP contribution in [0.1, 0.15) is 38.3 Å². The van der Waals surface area contributed by atoms with Gasteiger partial charge in [-0.2, -0.15) is 10.1 Å². The summed E-state index contributed by atoms with van der Waals surface area (Å²) in [6, 6.07) is 4.91. The molecule has 5 rings (SSSR count). The summed E-state index contributed by atoms with van der Waals surface area (Å²) >= 11 is 1.61. The average Bonchev–Trinajstić information content (AvgIpc) is 3.34. The number of aryl methyl sites for hydroxylation is 1. The predicted molar refractivity (Wildman–Crippen MR) is 110 cm³/mol. The number of H-pyrrole nitrogens is 1. The Morgan fingerprint density at radius 1 is 1.29 bits per heavy atom. The molecule has 2 fully saturated rings. The van der Waals surface area contributed by atoms with E-state index in [-0.39, 0.29) is 11.9 Å². The molecule has 0 saturated carbocycles. The number of amides is 1. The summed E-state index contributed by atoms with van der Waals surface area (Å²) < 4.78 is 1.01. The summed E-state index contributed by atoms with van der Waals surface area (Å²) in [5.41, 5.74) is 1.91. The van der Waals surface area contributed by atoms with Gasteiger partial charge in [0.25, 0.3) is 0 Å². The smallest absolute Gasteiger partial charge is 0.225 e. The first kappa shape index (κ1) is 17.4. The molecule has 3 aromatic heterocycles.